The number of carbonyl (C=O) groups excluding carboxylic acids is 2. The van der Waals surface area contributed by atoms with Crippen LogP contribution in [0.15, 0.2) is 66.9 Å². The molecule has 2 aliphatic heterocycles. The highest BCUT2D eigenvalue weighted by atomic mass is 16.5. The molecule has 1 fully saturated rings. The second-order valence-corrected chi connectivity index (χ2v) is 11.1. The first-order chi connectivity index (χ1) is 20.9. The fraction of sp³-hybridized carbons (Fsp3) is 0.364. The summed E-state index contributed by atoms with van der Waals surface area (Å²) in [4.78, 5) is 33.1. The van der Waals surface area contributed by atoms with E-state index in [4.69, 9.17) is 19.2 Å². The fourth-order valence-corrected chi connectivity index (χ4v) is 5.82. The predicted octanol–water partition coefficient (Wildman–Crippen LogP) is 4.24. The Labute approximate surface area is 251 Å². The minimum absolute atomic E-state index is 0.0573. The Hall–Kier alpha value is -4.41. The lowest BCUT2D eigenvalue weighted by Gasteiger charge is -2.38. The van der Waals surface area contributed by atoms with Crippen LogP contribution < -0.4 is 20.1 Å². The van der Waals surface area contributed by atoms with Crippen LogP contribution in [0.4, 0.5) is 0 Å². The van der Waals surface area contributed by atoms with Crippen molar-refractivity contribution in [3.05, 3.63) is 89.5 Å². The fourth-order valence-electron chi connectivity index (χ4n) is 5.82. The molecule has 0 aliphatic carbocycles. The number of ether oxygens (including phenoxy) is 3. The Balaban J connectivity index is 1.21. The van der Waals surface area contributed by atoms with Gasteiger partial charge >= 0.3 is 0 Å². The summed E-state index contributed by atoms with van der Waals surface area (Å²) < 4.78 is 20.1. The summed E-state index contributed by atoms with van der Waals surface area (Å²) in [5.74, 6) is 2.29. The summed E-state index contributed by atoms with van der Waals surface area (Å²) in [6.45, 7) is 4.93. The van der Waals surface area contributed by atoms with Gasteiger partial charge in [-0.1, -0.05) is 18.2 Å². The monoisotopic (exact) mass is 583 g/mol. The van der Waals surface area contributed by atoms with E-state index in [1.54, 1.807) is 25.3 Å². The molecule has 0 radical (unpaired) electrons. The Morgan fingerprint density at radius 2 is 1.98 bits per heavy atom. The number of amides is 2. The van der Waals surface area contributed by atoms with Crippen LogP contribution in [0, 0.1) is 6.92 Å². The molecule has 2 aliphatic rings. The van der Waals surface area contributed by atoms with Gasteiger partial charge in [-0.2, -0.15) is 0 Å². The van der Waals surface area contributed by atoms with Gasteiger partial charge in [0.25, 0.3) is 5.91 Å². The average molecular weight is 584 g/mol. The second kappa shape index (κ2) is 12.8. The minimum atomic E-state index is -0.252. The van der Waals surface area contributed by atoms with Gasteiger partial charge in [0.2, 0.25) is 5.91 Å². The zero-order valence-electron chi connectivity index (χ0n) is 24.5. The first-order valence-electron chi connectivity index (χ1n) is 14.7. The van der Waals surface area contributed by atoms with Crippen molar-refractivity contribution in [3.63, 3.8) is 0 Å². The van der Waals surface area contributed by atoms with Gasteiger partial charge in [-0.15, -0.1) is 0 Å². The van der Waals surface area contributed by atoms with Gasteiger partial charge in [-0.05, 0) is 61.7 Å². The van der Waals surface area contributed by atoms with E-state index in [9.17, 15) is 9.59 Å². The number of fused-ring (bicyclic) bond motifs is 6. The molecule has 2 aromatic carbocycles. The first kappa shape index (κ1) is 28.7. The van der Waals surface area contributed by atoms with Crippen molar-refractivity contribution < 1.29 is 23.8 Å². The van der Waals surface area contributed by atoms with Crippen molar-refractivity contribution in [3.8, 4) is 17.2 Å². The normalized spacial score (nSPS) is 20.2. The van der Waals surface area contributed by atoms with Crippen LogP contribution >= 0.6 is 0 Å². The van der Waals surface area contributed by atoms with E-state index in [2.05, 4.69) is 26.0 Å². The van der Waals surface area contributed by atoms with Gasteiger partial charge < -0.3 is 29.2 Å². The van der Waals surface area contributed by atoms with E-state index in [-0.39, 0.29) is 24.0 Å². The molecule has 1 saturated heterocycles. The van der Waals surface area contributed by atoms with Gasteiger partial charge in [0.1, 0.15) is 23.1 Å². The third kappa shape index (κ3) is 6.81. The van der Waals surface area contributed by atoms with Gasteiger partial charge in [0, 0.05) is 50.4 Å². The standard InChI is InChI=1S/C33H37N5O5/c1-22-35-28(30-9-3-4-13-38(22)30)19-37-14-11-31-29(20-37)36-32(39)10-6-12-34-33(40)24-16-26(41-2)18-27(17-24)43-25-8-5-7-23(15-25)21-42-31/h3-5,7-9,13,15-18,29,31H,6,10-12,14,19-21H2,1-2H3,(H,34,40)(H,36,39)/t29-,31-/m0/s1. The number of methoxy groups -OCH3 is 1. The molecule has 43 heavy (non-hydrogen) atoms. The topological polar surface area (TPSA) is 106 Å². The Bertz CT molecular complexity index is 1620. The number of nitrogens with one attached hydrogen (secondary N) is 2. The largest absolute Gasteiger partial charge is 0.497 e. The number of likely N-dealkylation sites (tertiary alicyclic amines) is 1. The molecule has 0 spiro atoms. The first-order valence-corrected chi connectivity index (χ1v) is 14.7. The van der Waals surface area contributed by atoms with E-state index < -0.39 is 0 Å². The van der Waals surface area contributed by atoms with Crippen molar-refractivity contribution >= 4 is 17.3 Å². The zero-order valence-corrected chi connectivity index (χ0v) is 24.5. The predicted molar refractivity (Wildman–Crippen MR) is 161 cm³/mol. The van der Waals surface area contributed by atoms with Gasteiger partial charge in [0.15, 0.2) is 0 Å². The van der Waals surface area contributed by atoms with Crippen LogP contribution in [0.25, 0.3) is 5.52 Å². The van der Waals surface area contributed by atoms with Gasteiger partial charge in [-0.3, -0.25) is 14.5 Å². The molecule has 4 bridgehead atoms. The lowest BCUT2D eigenvalue weighted by molar-refractivity contribution is -0.124. The summed E-state index contributed by atoms with van der Waals surface area (Å²) >= 11 is 0. The van der Waals surface area contributed by atoms with Crippen molar-refractivity contribution in [2.24, 2.45) is 0 Å². The second-order valence-electron chi connectivity index (χ2n) is 11.1. The summed E-state index contributed by atoms with van der Waals surface area (Å²) in [7, 11) is 1.55. The average Bonchev–Trinajstić information content (AvgIpc) is 3.33. The van der Waals surface area contributed by atoms with Gasteiger partial charge in [-0.25, -0.2) is 4.98 Å². The van der Waals surface area contributed by atoms with Gasteiger partial charge in [0.05, 0.1) is 37.1 Å². The number of benzene rings is 2. The number of carbonyl (C=O) groups is 2. The SMILES string of the molecule is COc1cc2cc(c1)C(=O)NCCCC(=O)N[C@H]1CN(Cc3nc(C)n4ccccc34)CC[C@@H]1OCc1cccc(c1)O2. The number of hydrogen-bond donors (Lipinski definition) is 2. The van der Waals surface area contributed by atoms with Crippen LogP contribution in [0.3, 0.4) is 0 Å². The molecule has 10 nitrogen and oxygen atoms in total. The number of pyridine rings is 1. The lowest BCUT2D eigenvalue weighted by Crippen LogP contribution is -2.55. The maximum absolute atomic E-state index is 13.1. The van der Waals surface area contributed by atoms with Crippen LogP contribution in [0.5, 0.6) is 17.2 Å². The molecule has 4 aromatic rings. The Kier molecular flexibility index (Phi) is 8.57. The number of hydrogen-bond acceptors (Lipinski definition) is 7. The van der Waals surface area contributed by atoms with Crippen molar-refractivity contribution in [2.75, 3.05) is 26.7 Å². The molecule has 224 valence electrons. The highest BCUT2D eigenvalue weighted by Gasteiger charge is 2.32. The van der Waals surface area contributed by atoms with E-state index in [1.165, 1.54) is 0 Å². The third-order valence-corrected chi connectivity index (χ3v) is 8.00. The molecule has 6 rings (SSSR count). The quantitative estimate of drug-likeness (QED) is 0.372. The minimum Gasteiger partial charge on any atom is -0.497 e. The molecule has 2 aromatic heterocycles. The van der Waals surface area contributed by atoms with Crippen molar-refractivity contribution in [1.82, 2.24) is 24.9 Å². The molecule has 10 heteroatoms. The molecular formula is C33H37N5O5. The van der Waals surface area contributed by atoms with Crippen LogP contribution in [0.2, 0.25) is 0 Å². The smallest absolute Gasteiger partial charge is 0.251 e. The zero-order chi connectivity index (χ0) is 29.8. The van der Waals surface area contributed by atoms with E-state index in [0.717, 1.165) is 35.6 Å². The summed E-state index contributed by atoms with van der Waals surface area (Å²) in [5.41, 5.74) is 3.50. The van der Waals surface area contributed by atoms with Crippen molar-refractivity contribution in [1.29, 1.82) is 0 Å². The highest BCUT2D eigenvalue weighted by molar-refractivity contribution is 5.95. The summed E-state index contributed by atoms with van der Waals surface area (Å²) in [6.07, 6.45) is 3.46. The number of aryl methyl sites for hydroxylation is 1. The molecule has 0 unspecified atom stereocenters. The Morgan fingerprint density at radius 1 is 1.07 bits per heavy atom. The van der Waals surface area contributed by atoms with E-state index in [0.29, 0.717) is 61.9 Å². The molecule has 2 N–H and O–H groups in total. The van der Waals surface area contributed by atoms with E-state index in [1.807, 2.05) is 49.5 Å². The molecular weight excluding hydrogens is 546 g/mol. The summed E-state index contributed by atoms with van der Waals surface area (Å²) in [5, 5.41) is 6.14. The number of aromatic nitrogens is 2. The number of rotatable bonds is 3. The lowest BCUT2D eigenvalue weighted by atomic mass is 10.0. The third-order valence-electron chi connectivity index (χ3n) is 8.00. The number of imidazole rings is 1. The van der Waals surface area contributed by atoms with Crippen LogP contribution in [-0.4, -0.2) is 65.0 Å². The van der Waals surface area contributed by atoms with Crippen LogP contribution in [-0.2, 0) is 22.7 Å². The Morgan fingerprint density at radius 3 is 2.86 bits per heavy atom. The maximum Gasteiger partial charge on any atom is 0.251 e. The maximum atomic E-state index is 13.1. The highest BCUT2D eigenvalue weighted by Crippen LogP contribution is 2.29. The molecule has 2 amide bonds. The van der Waals surface area contributed by atoms with Crippen molar-refractivity contribution in [2.45, 2.75) is 51.5 Å². The molecule has 4 heterocycles. The molecule has 2 atom stereocenters. The summed E-state index contributed by atoms with van der Waals surface area (Å²) in [6, 6.07) is 18.7. The van der Waals surface area contributed by atoms with E-state index >= 15 is 0 Å². The molecule has 0 saturated carbocycles. The van der Waals surface area contributed by atoms with Crippen LogP contribution in [0.1, 0.15) is 46.7 Å². The number of nitrogens with zero attached hydrogens (tertiary/aromatic N) is 3. The number of piperidine rings is 1.